The Morgan fingerprint density at radius 2 is 1.54 bits per heavy atom. The van der Waals surface area contributed by atoms with Crippen LogP contribution in [0.25, 0.3) is 10.9 Å². The number of carbonyl (C=O) groups excluding carboxylic acids is 3. The predicted molar refractivity (Wildman–Crippen MR) is 128 cm³/mol. The van der Waals surface area contributed by atoms with Crippen molar-refractivity contribution in [2.75, 3.05) is 0 Å². The zero-order valence-electron chi connectivity index (χ0n) is 19.9. The molecule has 1 aromatic carbocycles. The largest absolute Gasteiger partial charge is 0.481 e. The topological polar surface area (TPSA) is 241 Å². The first kappa shape index (κ1) is 28.8. The average Bonchev–Trinajstić information content (AvgIpc) is 3.23. The molecule has 4 unspecified atom stereocenters. The van der Waals surface area contributed by atoms with Crippen LogP contribution in [0.1, 0.15) is 31.7 Å². The number of rotatable bonds is 14. The van der Waals surface area contributed by atoms with Crippen molar-refractivity contribution in [3.05, 3.63) is 36.0 Å². The van der Waals surface area contributed by atoms with Crippen molar-refractivity contribution in [1.29, 1.82) is 0 Å². The number of nitrogens with two attached hydrogens (primary N) is 1. The molecule has 200 valence electrons. The lowest BCUT2D eigenvalue weighted by Gasteiger charge is -2.23. The molecule has 1 aromatic heterocycles. The number of benzene rings is 1. The maximum Gasteiger partial charge on any atom is 0.326 e. The number of aromatic amines is 1. The third kappa shape index (κ3) is 8.61. The van der Waals surface area contributed by atoms with Crippen molar-refractivity contribution in [3.8, 4) is 0 Å². The number of carboxylic acids is 3. The Labute approximate surface area is 210 Å². The highest BCUT2D eigenvalue weighted by atomic mass is 16.4. The summed E-state index contributed by atoms with van der Waals surface area (Å²) >= 11 is 0. The van der Waals surface area contributed by atoms with Crippen molar-refractivity contribution in [1.82, 2.24) is 20.9 Å². The number of hydrogen-bond acceptors (Lipinski definition) is 7. The van der Waals surface area contributed by atoms with E-state index in [2.05, 4.69) is 20.9 Å². The van der Waals surface area contributed by atoms with Gasteiger partial charge in [-0.1, -0.05) is 18.2 Å². The molecule has 14 nitrogen and oxygen atoms in total. The van der Waals surface area contributed by atoms with Crippen molar-refractivity contribution in [2.45, 2.75) is 56.8 Å². The minimum atomic E-state index is -1.52. The molecule has 3 amide bonds. The molecule has 2 aromatic rings. The van der Waals surface area contributed by atoms with Gasteiger partial charge in [0.25, 0.3) is 0 Å². The van der Waals surface area contributed by atoms with Gasteiger partial charge in [0.1, 0.15) is 18.1 Å². The number of carbonyl (C=O) groups is 6. The van der Waals surface area contributed by atoms with E-state index in [0.717, 1.165) is 10.9 Å². The number of hydrogen-bond donors (Lipinski definition) is 8. The summed E-state index contributed by atoms with van der Waals surface area (Å²) in [5.74, 6) is -6.56. The summed E-state index contributed by atoms with van der Waals surface area (Å²) in [6.07, 6.45) is 0.0333. The van der Waals surface area contributed by atoms with E-state index in [-0.39, 0.29) is 12.8 Å². The normalized spacial score (nSPS) is 14.1. The van der Waals surface area contributed by atoms with Crippen LogP contribution in [0.4, 0.5) is 0 Å². The maximum atomic E-state index is 13.1. The van der Waals surface area contributed by atoms with Gasteiger partial charge in [-0.05, 0) is 25.0 Å². The lowest BCUT2D eigenvalue weighted by molar-refractivity contribution is -0.143. The van der Waals surface area contributed by atoms with Gasteiger partial charge in [-0.3, -0.25) is 24.0 Å². The number of H-pyrrole nitrogens is 1. The van der Waals surface area contributed by atoms with Crippen LogP contribution in [-0.4, -0.2) is 80.1 Å². The Kier molecular flexibility index (Phi) is 10.1. The number of nitrogens with one attached hydrogen (secondary N) is 4. The fourth-order valence-electron chi connectivity index (χ4n) is 3.49. The standard InChI is InChI=1S/C23H29N5O9/c1-11(26-21(34)14(24)9-19(31)32)20(33)28-17(8-12-10-25-15-5-3-2-4-13(12)15)22(35)27-16(23(36)37)6-7-18(29)30/h2-5,10-11,14,16-17,25H,6-9,24H2,1H3,(H,26,34)(H,27,35)(H,28,33)(H,29,30)(H,31,32)(H,36,37). The number of aromatic nitrogens is 1. The van der Waals surface area contributed by atoms with E-state index in [9.17, 15) is 33.9 Å². The lowest BCUT2D eigenvalue weighted by Crippen LogP contribution is -2.57. The van der Waals surface area contributed by atoms with Gasteiger partial charge in [0, 0.05) is 29.9 Å². The second-order valence-electron chi connectivity index (χ2n) is 8.39. The molecule has 0 fully saturated rings. The average molecular weight is 520 g/mol. The van der Waals surface area contributed by atoms with Crippen molar-refractivity contribution in [2.24, 2.45) is 5.73 Å². The van der Waals surface area contributed by atoms with Gasteiger partial charge >= 0.3 is 17.9 Å². The number of fused-ring (bicyclic) bond motifs is 1. The highest BCUT2D eigenvalue weighted by Gasteiger charge is 2.30. The molecule has 0 aliphatic carbocycles. The Morgan fingerprint density at radius 1 is 0.892 bits per heavy atom. The number of carboxylic acid groups (broad SMARTS) is 3. The second-order valence-corrected chi connectivity index (χ2v) is 8.39. The molecular formula is C23H29N5O9. The zero-order chi connectivity index (χ0) is 27.7. The Bertz CT molecular complexity index is 1180. The van der Waals surface area contributed by atoms with Gasteiger partial charge in [-0.15, -0.1) is 0 Å². The molecule has 1 heterocycles. The summed E-state index contributed by atoms with van der Waals surface area (Å²) in [4.78, 5) is 74.1. The van der Waals surface area contributed by atoms with Gasteiger partial charge in [0.2, 0.25) is 17.7 Å². The van der Waals surface area contributed by atoms with Crippen molar-refractivity contribution >= 4 is 46.5 Å². The third-order valence-electron chi connectivity index (χ3n) is 5.48. The Balaban J connectivity index is 2.21. The monoisotopic (exact) mass is 519 g/mol. The molecule has 2 rings (SSSR count). The minimum Gasteiger partial charge on any atom is -0.481 e. The smallest absolute Gasteiger partial charge is 0.326 e. The summed E-state index contributed by atoms with van der Waals surface area (Å²) in [5.41, 5.74) is 6.90. The van der Waals surface area contributed by atoms with Crippen molar-refractivity contribution < 1.29 is 44.1 Å². The molecule has 0 bridgehead atoms. The summed E-state index contributed by atoms with van der Waals surface area (Å²) in [7, 11) is 0. The van der Waals surface area contributed by atoms with Crippen LogP contribution in [-0.2, 0) is 35.2 Å². The fourth-order valence-corrected chi connectivity index (χ4v) is 3.49. The summed E-state index contributed by atoms with van der Waals surface area (Å²) in [6, 6.07) is 1.74. The molecule has 4 atom stereocenters. The van der Waals surface area contributed by atoms with E-state index in [0.29, 0.717) is 5.56 Å². The molecule has 0 radical (unpaired) electrons. The summed E-state index contributed by atoms with van der Waals surface area (Å²) in [6.45, 7) is 1.30. The highest BCUT2D eigenvalue weighted by molar-refractivity contribution is 5.95. The van der Waals surface area contributed by atoms with Crippen molar-refractivity contribution in [3.63, 3.8) is 0 Å². The predicted octanol–water partition coefficient (Wildman–Crippen LogP) is -1.06. The van der Waals surface area contributed by atoms with Gasteiger partial charge in [-0.2, -0.15) is 0 Å². The maximum absolute atomic E-state index is 13.1. The number of amides is 3. The molecule has 0 spiro atoms. The summed E-state index contributed by atoms with van der Waals surface area (Å²) in [5, 5.41) is 34.8. The van der Waals surface area contributed by atoms with Gasteiger partial charge in [-0.25, -0.2) is 4.79 Å². The first-order valence-electron chi connectivity index (χ1n) is 11.3. The van der Waals surface area contributed by atoms with Gasteiger partial charge in [0.05, 0.1) is 12.5 Å². The number of para-hydroxylation sites is 1. The van der Waals surface area contributed by atoms with Gasteiger partial charge < -0.3 is 42.0 Å². The van der Waals surface area contributed by atoms with Crippen LogP contribution in [0, 0.1) is 0 Å². The van der Waals surface area contributed by atoms with Crippen LogP contribution >= 0.6 is 0 Å². The molecular weight excluding hydrogens is 490 g/mol. The van der Waals surface area contributed by atoms with E-state index >= 15 is 0 Å². The van der Waals surface area contributed by atoms with Crippen LogP contribution < -0.4 is 21.7 Å². The highest BCUT2D eigenvalue weighted by Crippen LogP contribution is 2.19. The molecule has 0 aliphatic rings. The summed E-state index contributed by atoms with van der Waals surface area (Å²) < 4.78 is 0. The van der Waals surface area contributed by atoms with E-state index < -0.39 is 72.6 Å². The minimum absolute atomic E-state index is 0.0634. The second kappa shape index (κ2) is 13.0. The van der Waals surface area contributed by atoms with Crippen LogP contribution in [0.3, 0.4) is 0 Å². The fraction of sp³-hybridized carbons (Fsp3) is 0.391. The lowest BCUT2D eigenvalue weighted by atomic mass is 10.0. The van der Waals surface area contributed by atoms with Crippen LogP contribution in [0.2, 0.25) is 0 Å². The zero-order valence-corrected chi connectivity index (χ0v) is 19.9. The van der Waals surface area contributed by atoms with E-state index in [4.69, 9.17) is 15.9 Å². The third-order valence-corrected chi connectivity index (χ3v) is 5.48. The molecule has 0 saturated heterocycles. The van der Waals surface area contributed by atoms with E-state index in [1.807, 2.05) is 0 Å². The molecule has 14 heteroatoms. The SMILES string of the molecule is CC(NC(=O)C(N)CC(=O)O)C(=O)NC(Cc1c[nH]c2ccccc12)C(=O)NC(CCC(=O)O)C(=O)O. The first-order chi connectivity index (χ1) is 17.4. The van der Waals surface area contributed by atoms with Crippen LogP contribution in [0.5, 0.6) is 0 Å². The first-order valence-corrected chi connectivity index (χ1v) is 11.3. The van der Waals surface area contributed by atoms with Gasteiger partial charge in [0.15, 0.2) is 0 Å². The van der Waals surface area contributed by atoms with E-state index in [1.54, 1.807) is 30.5 Å². The molecule has 37 heavy (non-hydrogen) atoms. The Morgan fingerprint density at radius 3 is 2.16 bits per heavy atom. The molecule has 0 aliphatic heterocycles. The van der Waals surface area contributed by atoms with E-state index in [1.165, 1.54) is 6.92 Å². The molecule has 9 N–H and O–H groups in total. The van der Waals surface area contributed by atoms with Crippen LogP contribution in [0.15, 0.2) is 30.5 Å². The quantitative estimate of drug-likeness (QED) is 0.150. The Hall–Kier alpha value is -4.46. The number of aliphatic carboxylic acids is 3. The molecule has 0 saturated carbocycles.